The number of halogens is 3. The first kappa shape index (κ1) is 13.9. The summed E-state index contributed by atoms with van der Waals surface area (Å²) in [7, 11) is 0. The number of alkyl halides is 3. The van der Waals surface area contributed by atoms with E-state index in [1.165, 1.54) is 5.01 Å². The lowest BCUT2D eigenvalue weighted by atomic mass is 9.94. The van der Waals surface area contributed by atoms with Crippen molar-refractivity contribution in [2.45, 2.75) is 44.2 Å². The zero-order valence-corrected chi connectivity index (χ0v) is 11.2. The van der Waals surface area contributed by atoms with Crippen molar-refractivity contribution in [2.75, 3.05) is 6.54 Å². The molecule has 110 valence electrons. The molecule has 2 heterocycles. The SMILES string of the molecule is Cc1ccc(C2CC(C(F)(F)F)N3NCCC3N2)cc1. The van der Waals surface area contributed by atoms with Crippen molar-refractivity contribution in [3.63, 3.8) is 0 Å². The monoisotopic (exact) mass is 285 g/mol. The van der Waals surface area contributed by atoms with Gasteiger partial charge in [0.15, 0.2) is 0 Å². The molecule has 2 fully saturated rings. The first-order valence-electron chi connectivity index (χ1n) is 6.86. The number of rotatable bonds is 1. The standard InChI is InChI=1S/C14H18F3N3/c1-9-2-4-10(5-3-9)11-8-12(14(15,16)17)20-13(19-11)6-7-18-20/h2-5,11-13,18-19H,6-8H2,1H3. The average molecular weight is 285 g/mol. The Kier molecular flexibility index (Phi) is 3.48. The minimum Gasteiger partial charge on any atom is -0.294 e. The van der Waals surface area contributed by atoms with Crippen molar-refractivity contribution in [3.8, 4) is 0 Å². The first-order valence-corrected chi connectivity index (χ1v) is 6.86. The lowest BCUT2D eigenvalue weighted by Crippen LogP contribution is -2.61. The second-order valence-corrected chi connectivity index (χ2v) is 5.54. The van der Waals surface area contributed by atoms with Gasteiger partial charge in [0.2, 0.25) is 0 Å². The van der Waals surface area contributed by atoms with Crippen LogP contribution >= 0.6 is 0 Å². The number of hydrogen-bond donors (Lipinski definition) is 2. The Morgan fingerprint density at radius 2 is 1.90 bits per heavy atom. The highest BCUT2D eigenvalue weighted by atomic mass is 19.4. The molecular weight excluding hydrogens is 267 g/mol. The van der Waals surface area contributed by atoms with E-state index in [0.717, 1.165) is 11.1 Å². The smallest absolute Gasteiger partial charge is 0.294 e. The highest BCUT2D eigenvalue weighted by Gasteiger charge is 2.51. The summed E-state index contributed by atoms with van der Waals surface area (Å²) in [6, 6.07) is 6.04. The van der Waals surface area contributed by atoms with Crippen LogP contribution in [0, 0.1) is 6.92 Å². The summed E-state index contributed by atoms with van der Waals surface area (Å²) < 4.78 is 39.7. The van der Waals surface area contributed by atoms with Gasteiger partial charge in [0.1, 0.15) is 6.04 Å². The van der Waals surface area contributed by atoms with Gasteiger partial charge < -0.3 is 0 Å². The van der Waals surface area contributed by atoms with Crippen molar-refractivity contribution >= 4 is 0 Å². The van der Waals surface area contributed by atoms with Crippen molar-refractivity contribution in [2.24, 2.45) is 0 Å². The van der Waals surface area contributed by atoms with E-state index in [9.17, 15) is 13.2 Å². The van der Waals surface area contributed by atoms with Gasteiger partial charge in [-0.3, -0.25) is 10.7 Å². The Morgan fingerprint density at radius 3 is 2.55 bits per heavy atom. The molecule has 1 aromatic rings. The molecular formula is C14H18F3N3. The normalized spacial score (nSPS) is 31.3. The van der Waals surface area contributed by atoms with Crippen LogP contribution < -0.4 is 10.7 Å². The summed E-state index contributed by atoms with van der Waals surface area (Å²) >= 11 is 0. The molecule has 6 heteroatoms. The summed E-state index contributed by atoms with van der Waals surface area (Å²) in [5, 5.41) is 4.65. The fourth-order valence-electron chi connectivity index (χ4n) is 3.03. The van der Waals surface area contributed by atoms with Crippen LogP contribution in [0.1, 0.15) is 30.0 Å². The van der Waals surface area contributed by atoms with Crippen LogP contribution in [0.4, 0.5) is 13.2 Å². The summed E-state index contributed by atoms with van der Waals surface area (Å²) in [5.41, 5.74) is 4.89. The second-order valence-electron chi connectivity index (χ2n) is 5.54. The maximum absolute atomic E-state index is 13.2. The Balaban J connectivity index is 1.85. The molecule has 2 N–H and O–H groups in total. The van der Waals surface area contributed by atoms with Gasteiger partial charge in [0.25, 0.3) is 0 Å². The number of hydrogen-bond acceptors (Lipinski definition) is 3. The number of hydrazine groups is 1. The predicted octanol–water partition coefficient (Wildman–Crippen LogP) is 2.50. The number of aryl methyl sites for hydroxylation is 1. The van der Waals surface area contributed by atoms with Gasteiger partial charge in [-0.1, -0.05) is 29.8 Å². The van der Waals surface area contributed by atoms with Gasteiger partial charge in [0, 0.05) is 12.6 Å². The highest BCUT2D eigenvalue weighted by Crippen LogP contribution is 2.37. The average Bonchev–Trinajstić information content (AvgIpc) is 2.85. The van der Waals surface area contributed by atoms with Crippen LogP contribution in [0.25, 0.3) is 0 Å². The first-order chi connectivity index (χ1) is 9.45. The van der Waals surface area contributed by atoms with Gasteiger partial charge >= 0.3 is 6.18 Å². The van der Waals surface area contributed by atoms with E-state index in [1.54, 1.807) is 0 Å². The molecule has 2 saturated heterocycles. The Bertz CT molecular complexity index is 472. The number of fused-ring (bicyclic) bond motifs is 1. The lowest BCUT2D eigenvalue weighted by Gasteiger charge is -2.42. The molecule has 3 rings (SSSR count). The predicted molar refractivity (Wildman–Crippen MR) is 69.8 cm³/mol. The van der Waals surface area contributed by atoms with E-state index in [0.29, 0.717) is 13.0 Å². The summed E-state index contributed by atoms with van der Waals surface area (Å²) in [6.07, 6.45) is -3.73. The second kappa shape index (κ2) is 5.02. The third-order valence-electron chi connectivity index (χ3n) is 4.09. The van der Waals surface area contributed by atoms with E-state index in [-0.39, 0.29) is 18.6 Å². The van der Waals surface area contributed by atoms with Crippen LogP contribution in [0.15, 0.2) is 24.3 Å². The summed E-state index contributed by atoms with van der Waals surface area (Å²) in [6.45, 7) is 2.56. The minimum absolute atomic E-state index is 0.0378. The van der Waals surface area contributed by atoms with Crippen molar-refractivity contribution in [3.05, 3.63) is 35.4 Å². The Labute approximate surface area is 116 Å². The van der Waals surface area contributed by atoms with Gasteiger partial charge in [0.05, 0.1) is 6.17 Å². The highest BCUT2D eigenvalue weighted by molar-refractivity contribution is 5.25. The molecule has 0 amide bonds. The van der Waals surface area contributed by atoms with Gasteiger partial charge in [-0.05, 0) is 25.3 Å². The quantitative estimate of drug-likeness (QED) is 0.830. The molecule has 2 aliphatic rings. The van der Waals surface area contributed by atoms with E-state index in [2.05, 4.69) is 10.7 Å². The molecule has 3 atom stereocenters. The van der Waals surface area contributed by atoms with Gasteiger partial charge in [-0.2, -0.15) is 13.2 Å². The third kappa shape index (κ3) is 2.55. The zero-order chi connectivity index (χ0) is 14.3. The molecule has 0 radical (unpaired) electrons. The van der Waals surface area contributed by atoms with Crippen LogP contribution in [0.2, 0.25) is 0 Å². The topological polar surface area (TPSA) is 27.3 Å². The van der Waals surface area contributed by atoms with Gasteiger partial charge in [-0.25, -0.2) is 5.01 Å². The molecule has 1 aromatic carbocycles. The summed E-state index contributed by atoms with van der Waals surface area (Å²) in [4.78, 5) is 0. The van der Waals surface area contributed by atoms with Crippen molar-refractivity contribution < 1.29 is 13.2 Å². The van der Waals surface area contributed by atoms with Gasteiger partial charge in [-0.15, -0.1) is 0 Å². The van der Waals surface area contributed by atoms with Crippen molar-refractivity contribution in [1.82, 2.24) is 15.8 Å². The molecule has 0 bridgehead atoms. The molecule has 2 aliphatic heterocycles. The number of nitrogens with zero attached hydrogens (tertiary/aromatic N) is 1. The third-order valence-corrected chi connectivity index (χ3v) is 4.09. The number of nitrogens with one attached hydrogen (secondary N) is 2. The Morgan fingerprint density at radius 1 is 1.20 bits per heavy atom. The molecule has 0 aromatic heterocycles. The fraction of sp³-hybridized carbons (Fsp3) is 0.571. The molecule has 0 spiro atoms. The van der Waals surface area contributed by atoms with E-state index >= 15 is 0 Å². The van der Waals surface area contributed by atoms with Crippen LogP contribution in [-0.2, 0) is 0 Å². The maximum Gasteiger partial charge on any atom is 0.405 e. The minimum atomic E-state index is -4.21. The maximum atomic E-state index is 13.2. The largest absolute Gasteiger partial charge is 0.405 e. The molecule has 0 aliphatic carbocycles. The van der Waals surface area contributed by atoms with Crippen molar-refractivity contribution in [1.29, 1.82) is 0 Å². The Hall–Kier alpha value is -1.11. The van der Waals surface area contributed by atoms with Crippen LogP contribution in [0.3, 0.4) is 0 Å². The fourth-order valence-corrected chi connectivity index (χ4v) is 3.03. The number of benzene rings is 1. The van der Waals surface area contributed by atoms with E-state index < -0.39 is 12.2 Å². The lowest BCUT2D eigenvalue weighted by molar-refractivity contribution is -0.207. The van der Waals surface area contributed by atoms with Crippen LogP contribution in [0.5, 0.6) is 0 Å². The molecule has 20 heavy (non-hydrogen) atoms. The van der Waals surface area contributed by atoms with E-state index in [1.807, 2.05) is 31.2 Å². The molecule has 3 nitrogen and oxygen atoms in total. The van der Waals surface area contributed by atoms with Crippen LogP contribution in [-0.4, -0.2) is 29.9 Å². The van der Waals surface area contributed by atoms with E-state index in [4.69, 9.17) is 0 Å². The zero-order valence-electron chi connectivity index (χ0n) is 11.2. The summed E-state index contributed by atoms with van der Waals surface area (Å²) in [5.74, 6) is 0. The molecule has 3 unspecified atom stereocenters. The molecule has 0 saturated carbocycles.